The van der Waals surface area contributed by atoms with E-state index in [1.165, 1.54) is 0 Å². The Labute approximate surface area is 132 Å². The van der Waals surface area contributed by atoms with Gasteiger partial charge in [0.15, 0.2) is 0 Å². The molecule has 0 atom stereocenters. The zero-order valence-corrected chi connectivity index (χ0v) is 12.6. The Balaban J connectivity index is 1.89. The number of rotatable bonds is 5. The van der Waals surface area contributed by atoms with Gasteiger partial charge in [0, 0.05) is 22.2 Å². The molecule has 1 N–H and O–H groups in total. The molecule has 0 heterocycles. The van der Waals surface area contributed by atoms with Crippen molar-refractivity contribution in [2.45, 2.75) is 12.8 Å². The van der Waals surface area contributed by atoms with E-state index in [0.717, 1.165) is 5.56 Å². The lowest BCUT2D eigenvalue weighted by molar-refractivity contribution is -0.125. The van der Waals surface area contributed by atoms with E-state index >= 15 is 0 Å². The molecule has 0 fully saturated rings. The van der Waals surface area contributed by atoms with Crippen LogP contribution >= 0.6 is 23.2 Å². The molecule has 0 spiro atoms. The number of nitrogens with one attached hydrogen (secondary N) is 1. The summed E-state index contributed by atoms with van der Waals surface area (Å²) < 4.78 is 0. The SMILES string of the molecule is O=C(CC(=O)Nc1cccc(Cl)c1)Cc1cccc(Cl)c1. The highest BCUT2D eigenvalue weighted by molar-refractivity contribution is 6.31. The molecule has 0 unspecified atom stereocenters. The molecule has 1 amide bonds. The number of amides is 1. The molecule has 0 bridgehead atoms. The third-order valence-electron chi connectivity index (χ3n) is 2.76. The van der Waals surface area contributed by atoms with E-state index in [-0.39, 0.29) is 24.5 Å². The fourth-order valence-corrected chi connectivity index (χ4v) is 2.29. The fourth-order valence-electron chi connectivity index (χ4n) is 1.89. The summed E-state index contributed by atoms with van der Waals surface area (Å²) in [6.07, 6.45) is 0.00253. The number of ketones is 1. The predicted molar refractivity (Wildman–Crippen MR) is 84.9 cm³/mol. The second kappa shape index (κ2) is 7.25. The van der Waals surface area contributed by atoms with Gasteiger partial charge in [0.2, 0.25) is 5.91 Å². The molecule has 0 radical (unpaired) electrons. The van der Waals surface area contributed by atoms with Crippen molar-refractivity contribution in [1.82, 2.24) is 0 Å². The second-order valence-corrected chi connectivity index (χ2v) is 5.45. The highest BCUT2D eigenvalue weighted by atomic mass is 35.5. The molecule has 0 aliphatic carbocycles. The van der Waals surface area contributed by atoms with Crippen molar-refractivity contribution in [3.05, 3.63) is 64.1 Å². The average molecular weight is 322 g/mol. The molecule has 0 saturated heterocycles. The van der Waals surface area contributed by atoms with Crippen LogP contribution in [-0.2, 0) is 16.0 Å². The monoisotopic (exact) mass is 321 g/mol. The van der Waals surface area contributed by atoms with Crippen LogP contribution in [-0.4, -0.2) is 11.7 Å². The molecule has 5 heteroatoms. The molecule has 21 heavy (non-hydrogen) atoms. The zero-order valence-electron chi connectivity index (χ0n) is 11.1. The minimum Gasteiger partial charge on any atom is -0.326 e. The highest BCUT2D eigenvalue weighted by Gasteiger charge is 2.11. The first-order valence-corrected chi connectivity index (χ1v) is 7.10. The van der Waals surface area contributed by atoms with E-state index in [2.05, 4.69) is 5.32 Å². The standard InChI is InChI=1S/C16H13Cl2NO2/c17-12-4-1-3-11(7-12)8-15(20)10-16(21)19-14-6-2-5-13(18)9-14/h1-7,9H,8,10H2,(H,19,21). The van der Waals surface area contributed by atoms with Crippen LogP contribution in [0.5, 0.6) is 0 Å². The number of benzene rings is 2. The van der Waals surface area contributed by atoms with Crippen LogP contribution in [0, 0.1) is 0 Å². The molecule has 0 aliphatic rings. The maximum atomic E-state index is 11.9. The normalized spacial score (nSPS) is 10.2. The van der Waals surface area contributed by atoms with Gasteiger partial charge in [-0.1, -0.05) is 41.4 Å². The van der Waals surface area contributed by atoms with E-state index in [4.69, 9.17) is 23.2 Å². The number of hydrogen-bond acceptors (Lipinski definition) is 2. The third kappa shape index (κ3) is 5.21. The van der Waals surface area contributed by atoms with Crippen LogP contribution < -0.4 is 5.32 Å². The van der Waals surface area contributed by atoms with Gasteiger partial charge in [-0.05, 0) is 35.9 Å². The zero-order chi connectivity index (χ0) is 15.2. The van der Waals surface area contributed by atoms with Gasteiger partial charge in [-0.2, -0.15) is 0 Å². The fraction of sp³-hybridized carbons (Fsp3) is 0.125. The van der Waals surface area contributed by atoms with Crippen LogP contribution in [0.25, 0.3) is 0 Å². The molecule has 3 nitrogen and oxygen atoms in total. The minimum atomic E-state index is -0.357. The molecule has 0 aromatic heterocycles. The summed E-state index contributed by atoms with van der Waals surface area (Å²) >= 11 is 11.7. The highest BCUT2D eigenvalue weighted by Crippen LogP contribution is 2.15. The Bertz CT molecular complexity index is 613. The molecule has 2 rings (SSSR count). The first kappa shape index (κ1) is 15.5. The van der Waals surface area contributed by atoms with Crippen LogP contribution in [0.4, 0.5) is 5.69 Å². The van der Waals surface area contributed by atoms with Gasteiger partial charge >= 0.3 is 0 Å². The smallest absolute Gasteiger partial charge is 0.231 e. The molecule has 0 aliphatic heterocycles. The van der Waals surface area contributed by atoms with Crippen molar-refractivity contribution in [2.75, 3.05) is 5.32 Å². The molecule has 2 aromatic rings. The van der Waals surface area contributed by atoms with E-state index in [9.17, 15) is 9.59 Å². The molecule has 108 valence electrons. The van der Waals surface area contributed by atoms with Crippen LogP contribution in [0.2, 0.25) is 10.0 Å². The van der Waals surface area contributed by atoms with Gasteiger partial charge in [-0.15, -0.1) is 0 Å². The number of Topliss-reactive ketones (excluding diaryl/α,β-unsaturated/α-hetero) is 1. The first-order valence-electron chi connectivity index (χ1n) is 6.34. The summed E-state index contributed by atoms with van der Waals surface area (Å²) in [5.41, 5.74) is 1.37. The van der Waals surface area contributed by atoms with Gasteiger partial charge in [0.25, 0.3) is 0 Å². The van der Waals surface area contributed by atoms with E-state index in [0.29, 0.717) is 15.7 Å². The summed E-state index contributed by atoms with van der Waals surface area (Å²) in [5, 5.41) is 3.74. The number of anilines is 1. The van der Waals surface area contributed by atoms with E-state index < -0.39 is 0 Å². The lowest BCUT2D eigenvalue weighted by atomic mass is 10.1. The second-order valence-electron chi connectivity index (χ2n) is 4.58. The first-order chi connectivity index (χ1) is 10.0. The van der Waals surface area contributed by atoms with Gasteiger partial charge in [-0.3, -0.25) is 9.59 Å². The summed E-state index contributed by atoms with van der Waals surface area (Å²) in [4.78, 5) is 23.7. The lowest BCUT2D eigenvalue weighted by Crippen LogP contribution is -2.17. The Hall–Kier alpha value is -1.84. The van der Waals surface area contributed by atoms with Crippen LogP contribution in [0.1, 0.15) is 12.0 Å². The van der Waals surface area contributed by atoms with Crippen LogP contribution in [0.3, 0.4) is 0 Å². The number of carbonyl (C=O) groups excluding carboxylic acids is 2. The van der Waals surface area contributed by atoms with Gasteiger partial charge in [0.05, 0.1) is 6.42 Å². The largest absolute Gasteiger partial charge is 0.326 e. The number of hydrogen-bond donors (Lipinski definition) is 1. The summed E-state index contributed by atoms with van der Waals surface area (Å²) in [5.74, 6) is -0.527. The Morgan fingerprint density at radius 2 is 1.62 bits per heavy atom. The summed E-state index contributed by atoms with van der Waals surface area (Å²) in [6, 6.07) is 13.8. The van der Waals surface area contributed by atoms with E-state index in [1.54, 1.807) is 48.5 Å². The molecule has 2 aromatic carbocycles. The molecular formula is C16H13Cl2NO2. The topological polar surface area (TPSA) is 46.2 Å². The molecule has 0 saturated carbocycles. The van der Waals surface area contributed by atoms with Crippen molar-refractivity contribution in [3.63, 3.8) is 0 Å². The summed E-state index contributed by atoms with van der Waals surface area (Å²) in [6.45, 7) is 0. The Kier molecular flexibility index (Phi) is 5.37. The third-order valence-corrected chi connectivity index (χ3v) is 3.23. The van der Waals surface area contributed by atoms with Crippen molar-refractivity contribution < 1.29 is 9.59 Å². The maximum absolute atomic E-state index is 11.9. The lowest BCUT2D eigenvalue weighted by Gasteiger charge is -2.05. The van der Waals surface area contributed by atoms with Crippen molar-refractivity contribution >= 4 is 40.6 Å². The van der Waals surface area contributed by atoms with Crippen molar-refractivity contribution in [3.8, 4) is 0 Å². The molecular weight excluding hydrogens is 309 g/mol. The van der Waals surface area contributed by atoms with Gasteiger partial charge in [0.1, 0.15) is 5.78 Å². The average Bonchev–Trinajstić information content (AvgIpc) is 2.38. The Morgan fingerprint density at radius 1 is 0.952 bits per heavy atom. The quantitative estimate of drug-likeness (QED) is 0.841. The van der Waals surface area contributed by atoms with E-state index in [1.807, 2.05) is 0 Å². The summed E-state index contributed by atoms with van der Waals surface area (Å²) in [7, 11) is 0. The Morgan fingerprint density at radius 3 is 2.29 bits per heavy atom. The number of carbonyl (C=O) groups is 2. The van der Waals surface area contributed by atoms with Gasteiger partial charge < -0.3 is 5.32 Å². The van der Waals surface area contributed by atoms with Crippen molar-refractivity contribution in [1.29, 1.82) is 0 Å². The van der Waals surface area contributed by atoms with Crippen LogP contribution in [0.15, 0.2) is 48.5 Å². The number of halogens is 2. The minimum absolute atomic E-state index is 0.170. The van der Waals surface area contributed by atoms with Crippen molar-refractivity contribution in [2.24, 2.45) is 0 Å². The maximum Gasteiger partial charge on any atom is 0.231 e. The van der Waals surface area contributed by atoms with Gasteiger partial charge in [-0.25, -0.2) is 0 Å². The predicted octanol–water partition coefficient (Wildman–Crippen LogP) is 4.13.